The van der Waals surface area contributed by atoms with E-state index in [1.54, 1.807) is 6.08 Å². The number of carbonyl (C=O) groups is 2. The highest BCUT2D eigenvalue weighted by Crippen LogP contribution is 2.45. The fourth-order valence-electron chi connectivity index (χ4n) is 7.84. The number of ether oxygens (including phenoxy) is 6. The van der Waals surface area contributed by atoms with Crippen molar-refractivity contribution in [2.75, 3.05) is 13.6 Å². The molecular weight excluding hydrogens is 656 g/mol. The van der Waals surface area contributed by atoms with E-state index in [4.69, 9.17) is 28.4 Å². The lowest BCUT2D eigenvalue weighted by atomic mass is 9.78. The molecule has 2 saturated carbocycles. The van der Waals surface area contributed by atoms with Crippen molar-refractivity contribution in [1.82, 2.24) is 0 Å². The molecule has 5 aliphatic rings. The number of hydrogen-bond donors (Lipinski definition) is 0. The van der Waals surface area contributed by atoms with Crippen LogP contribution < -0.4 is 28.4 Å². The summed E-state index contributed by atoms with van der Waals surface area (Å²) in [4.78, 5) is 24.8. The maximum Gasteiger partial charge on any atom is 0.231 e. The fourth-order valence-corrected chi connectivity index (χ4v) is 7.84. The molecule has 268 valence electrons. The third-order valence-corrected chi connectivity index (χ3v) is 10.5. The molecule has 2 heterocycles. The highest BCUT2D eigenvalue weighted by Gasteiger charge is 2.32. The van der Waals surface area contributed by atoms with E-state index >= 15 is 0 Å². The SMILES string of the molecule is O=C(/C=C/c1ccccc1OC1CCCC1)Cc1ccc2c(c1)OCO2.O=C1Cc2cc3c(cc2C(c2ccccc2OC2CCCC2)C1)OCO3. The molecule has 4 aromatic carbocycles. The molecule has 0 aromatic heterocycles. The zero-order valence-corrected chi connectivity index (χ0v) is 29.4. The normalized spacial score (nSPS) is 19.0. The molecule has 2 fully saturated rings. The number of rotatable bonds is 9. The highest BCUT2D eigenvalue weighted by atomic mass is 16.7. The highest BCUT2D eigenvalue weighted by molar-refractivity contribution is 5.95. The monoisotopic (exact) mass is 700 g/mol. The first-order valence-corrected chi connectivity index (χ1v) is 18.6. The lowest BCUT2D eigenvalue weighted by Gasteiger charge is -2.28. The van der Waals surface area contributed by atoms with E-state index in [1.807, 2.05) is 72.8 Å². The standard InChI is InChI=1S/2C22H22O4/c23-15-9-14-10-21-22(25-13-24-21)12-18(14)19(11-15)17-7-3-4-8-20(17)26-16-5-1-2-6-16;23-18(13-16-9-12-21-22(14-16)25-15-24-21)11-10-17-5-1-4-8-20(17)26-19-6-2-3-7-19/h3-4,7-8,10,12,16,19H,1-2,5-6,9,11,13H2;1,4-5,8-12,14,19H,2-3,6-7,13,15H2/b;11-10+. The van der Waals surface area contributed by atoms with E-state index < -0.39 is 0 Å². The van der Waals surface area contributed by atoms with Gasteiger partial charge in [0.15, 0.2) is 28.8 Å². The fraction of sp³-hybridized carbons (Fsp3) is 0.364. The Morgan fingerprint density at radius 3 is 2.04 bits per heavy atom. The Hall–Kier alpha value is -5.24. The molecule has 8 nitrogen and oxygen atoms in total. The molecule has 1 atom stereocenters. The average Bonchev–Trinajstić information content (AvgIpc) is 4.00. The largest absolute Gasteiger partial charge is 0.490 e. The molecule has 8 heteroatoms. The number of hydrogen-bond acceptors (Lipinski definition) is 8. The topological polar surface area (TPSA) is 89.5 Å². The van der Waals surface area contributed by atoms with E-state index in [2.05, 4.69) is 12.1 Å². The van der Waals surface area contributed by atoms with Gasteiger partial charge < -0.3 is 28.4 Å². The van der Waals surface area contributed by atoms with Gasteiger partial charge in [0.25, 0.3) is 0 Å². The quantitative estimate of drug-likeness (QED) is 0.160. The number of allylic oxidation sites excluding steroid dienone is 1. The van der Waals surface area contributed by atoms with Crippen molar-refractivity contribution < 1.29 is 38.0 Å². The molecule has 0 spiro atoms. The van der Waals surface area contributed by atoms with E-state index in [9.17, 15) is 9.59 Å². The smallest absolute Gasteiger partial charge is 0.231 e. The minimum Gasteiger partial charge on any atom is -0.490 e. The predicted octanol–water partition coefficient (Wildman–Crippen LogP) is 8.95. The van der Waals surface area contributed by atoms with Crippen LogP contribution in [0, 0.1) is 0 Å². The second-order valence-corrected chi connectivity index (χ2v) is 14.2. The number of benzene rings is 4. The van der Waals surface area contributed by atoms with Crippen LogP contribution in [0.15, 0.2) is 84.9 Å². The third kappa shape index (κ3) is 7.81. The van der Waals surface area contributed by atoms with Crippen LogP contribution in [0.4, 0.5) is 0 Å². The van der Waals surface area contributed by atoms with Crippen LogP contribution in [-0.2, 0) is 22.4 Å². The van der Waals surface area contributed by atoms with Gasteiger partial charge >= 0.3 is 0 Å². The van der Waals surface area contributed by atoms with E-state index in [0.717, 1.165) is 82.2 Å². The molecule has 0 N–H and O–H groups in total. The van der Waals surface area contributed by atoms with Crippen molar-refractivity contribution >= 4 is 17.6 Å². The van der Waals surface area contributed by atoms with Crippen molar-refractivity contribution in [1.29, 1.82) is 0 Å². The van der Waals surface area contributed by atoms with Gasteiger partial charge in [0.1, 0.15) is 17.3 Å². The number of Topliss-reactive ketones (excluding diaryl/α,β-unsaturated/α-hetero) is 1. The van der Waals surface area contributed by atoms with E-state index in [1.165, 1.54) is 25.7 Å². The molecule has 0 bridgehead atoms. The Morgan fingerprint density at radius 2 is 1.29 bits per heavy atom. The van der Waals surface area contributed by atoms with Crippen LogP contribution in [0.1, 0.15) is 91.5 Å². The average molecular weight is 701 g/mol. The molecule has 0 amide bonds. The Bertz CT molecular complexity index is 1950. The summed E-state index contributed by atoms with van der Waals surface area (Å²) in [6, 6.07) is 25.7. The van der Waals surface area contributed by atoms with Crippen molar-refractivity contribution in [2.24, 2.45) is 0 Å². The lowest BCUT2D eigenvalue weighted by Crippen LogP contribution is -2.21. The second-order valence-electron chi connectivity index (χ2n) is 14.2. The maximum atomic E-state index is 12.5. The van der Waals surface area contributed by atoms with Gasteiger partial charge in [-0.25, -0.2) is 0 Å². The van der Waals surface area contributed by atoms with Gasteiger partial charge in [-0.15, -0.1) is 0 Å². The number of carbonyl (C=O) groups excluding carboxylic acids is 2. The summed E-state index contributed by atoms with van der Waals surface area (Å²) in [5.74, 6) is 5.04. The zero-order valence-electron chi connectivity index (χ0n) is 29.4. The Balaban J connectivity index is 0.000000149. The molecule has 2 aliphatic heterocycles. The predicted molar refractivity (Wildman–Crippen MR) is 197 cm³/mol. The number of fused-ring (bicyclic) bond motifs is 3. The molecule has 52 heavy (non-hydrogen) atoms. The Morgan fingerprint density at radius 1 is 0.673 bits per heavy atom. The molecular formula is C44H44O8. The number of para-hydroxylation sites is 2. The minimum absolute atomic E-state index is 0.0124. The third-order valence-electron chi connectivity index (χ3n) is 10.5. The molecule has 0 saturated heterocycles. The maximum absolute atomic E-state index is 12.5. The lowest BCUT2D eigenvalue weighted by molar-refractivity contribution is -0.119. The summed E-state index contributed by atoms with van der Waals surface area (Å²) in [6.07, 6.45) is 14.8. The molecule has 4 aromatic rings. The van der Waals surface area contributed by atoms with Crippen LogP contribution >= 0.6 is 0 Å². The summed E-state index contributed by atoms with van der Waals surface area (Å²) in [7, 11) is 0. The van der Waals surface area contributed by atoms with Crippen LogP contribution in [0.5, 0.6) is 34.5 Å². The second kappa shape index (κ2) is 15.6. The van der Waals surface area contributed by atoms with E-state index in [-0.39, 0.29) is 31.1 Å². The van der Waals surface area contributed by atoms with Gasteiger partial charge in [-0.3, -0.25) is 9.59 Å². The molecule has 3 aliphatic carbocycles. The first-order chi connectivity index (χ1) is 25.6. The van der Waals surface area contributed by atoms with Gasteiger partial charge in [0.2, 0.25) is 13.6 Å². The van der Waals surface area contributed by atoms with Crippen molar-refractivity contribution in [3.05, 3.63) is 113 Å². The Labute approximate surface area is 304 Å². The summed E-state index contributed by atoms with van der Waals surface area (Å²) >= 11 is 0. The number of ketones is 2. The van der Waals surface area contributed by atoms with Gasteiger partial charge in [-0.2, -0.15) is 0 Å². The summed E-state index contributed by atoms with van der Waals surface area (Å²) in [6.45, 7) is 0.489. The molecule has 1 unspecified atom stereocenters. The zero-order chi connectivity index (χ0) is 35.3. The van der Waals surface area contributed by atoms with E-state index in [0.29, 0.717) is 37.2 Å². The van der Waals surface area contributed by atoms with Crippen LogP contribution in [0.2, 0.25) is 0 Å². The Kier molecular flexibility index (Phi) is 10.1. The summed E-state index contributed by atoms with van der Waals surface area (Å²) in [5.41, 5.74) is 5.17. The van der Waals surface area contributed by atoms with Gasteiger partial charge in [-0.05, 0) is 117 Å². The molecule has 9 rings (SSSR count). The van der Waals surface area contributed by atoms with Gasteiger partial charge in [-0.1, -0.05) is 42.5 Å². The van der Waals surface area contributed by atoms with Crippen LogP contribution in [0.25, 0.3) is 6.08 Å². The summed E-state index contributed by atoms with van der Waals surface area (Å²) < 4.78 is 34.2. The minimum atomic E-state index is 0.0124. The summed E-state index contributed by atoms with van der Waals surface area (Å²) in [5, 5.41) is 0. The van der Waals surface area contributed by atoms with Crippen molar-refractivity contribution in [3.8, 4) is 34.5 Å². The van der Waals surface area contributed by atoms with Gasteiger partial charge in [0, 0.05) is 36.3 Å². The van der Waals surface area contributed by atoms with Crippen LogP contribution in [-0.4, -0.2) is 37.4 Å². The van der Waals surface area contributed by atoms with Crippen molar-refractivity contribution in [3.63, 3.8) is 0 Å². The first kappa shape index (κ1) is 33.9. The van der Waals surface area contributed by atoms with Gasteiger partial charge in [0.05, 0.1) is 12.2 Å². The molecule has 0 radical (unpaired) electrons. The van der Waals surface area contributed by atoms with Crippen LogP contribution in [0.3, 0.4) is 0 Å². The van der Waals surface area contributed by atoms with Crippen molar-refractivity contribution in [2.45, 2.75) is 88.8 Å². The first-order valence-electron chi connectivity index (χ1n) is 18.6.